The number of aromatic amines is 1. The maximum absolute atomic E-state index is 11.7. The average Bonchev–Trinajstić information content (AvgIpc) is 2.84. The van der Waals surface area contributed by atoms with Crippen LogP contribution in [-0.4, -0.2) is 52.2 Å². The van der Waals surface area contributed by atoms with Gasteiger partial charge in [0.15, 0.2) is 0 Å². The van der Waals surface area contributed by atoms with Gasteiger partial charge in [0, 0.05) is 13.1 Å². The molecule has 0 aromatic carbocycles. The van der Waals surface area contributed by atoms with Crippen molar-refractivity contribution in [3.05, 3.63) is 5.82 Å². The summed E-state index contributed by atoms with van der Waals surface area (Å²) in [6.45, 7) is 6.16. The molecule has 106 valence electrons. The minimum Gasteiger partial charge on any atom is -0.366 e. The van der Waals surface area contributed by atoms with Crippen molar-refractivity contribution in [2.75, 3.05) is 31.9 Å². The third-order valence-corrected chi connectivity index (χ3v) is 3.35. The monoisotopic (exact) mass is 266 g/mol. The molecule has 2 heterocycles. The number of H-pyrrole nitrogens is 1. The van der Waals surface area contributed by atoms with Gasteiger partial charge < -0.3 is 16.0 Å². The highest BCUT2D eigenvalue weighted by molar-refractivity contribution is 5.90. The molecule has 0 bridgehead atoms. The molecule has 0 radical (unpaired) electrons. The summed E-state index contributed by atoms with van der Waals surface area (Å²) in [6, 6.07) is 0. The fourth-order valence-electron chi connectivity index (χ4n) is 2.37. The van der Waals surface area contributed by atoms with Gasteiger partial charge in [-0.3, -0.25) is 9.89 Å². The SMILES string of the molecule is CC(CNC(=O)c1nc(N)n[nH]1)CN1CCCCC1. The predicted octanol–water partition coefficient (Wildman–Crippen LogP) is 0.239. The summed E-state index contributed by atoms with van der Waals surface area (Å²) >= 11 is 0. The largest absolute Gasteiger partial charge is 0.366 e. The van der Waals surface area contributed by atoms with Crippen LogP contribution in [0, 0.1) is 5.92 Å². The number of carbonyl (C=O) groups excluding carboxylic acids is 1. The second kappa shape index (κ2) is 6.51. The summed E-state index contributed by atoms with van der Waals surface area (Å²) in [5, 5.41) is 8.98. The number of carbonyl (C=O) groups is 1. The van der Waals surface area contributed by atoms with E-state index in [9.17, 15) is 4.79 Å². The lowest BCUT2D eigenvalue weighted by atomic mass is 10.1. The van der Waals surface area contributed by atoms with Crippen LogP contribution in [0.5, 0.6) is 0 Å². The smallest absolute Gasteiger partial charge is 0.288 e. The Bertz CT molecular complexity index is 412. The van der Waals surface area contributed by atoms with Crippen molar-refractivity contribution in [2.24, 2.45) is 5.92 Å². The maximum atomic E-state index is 11.7. The summed E-state index contributed by atoms with van der Waals surface area (Å²) in [4.78, 5) is 18.0. The summed E-state index contributed by atoms with van der Waals surface area (Å²) < 4.78 is 0. The number of nitrogens with two attached hydrogens (primary N) is 1. The molecule has 1 saturated heterocycles. The molecule has 4 N–H and O–H groups in total. The van der Waals surface area contributed by atoms with Crippen LogP contribution in [-0.2, 0) is 0 Å². The van der Waals surface area contributed by atoms with Gasteiger partial charge in [0.2, 0.25) is 11.8 Å². The van der Waals surface area contributed by atoms with Gasteiger partial charge in [-0.15, -0.1) is 5.10 Å². The van der Waals surface area contributed by atoms with Crippen LogP contribution in [0.25, 0.3) is 0 Å². The molecule has 1 fully saturated rings. The molecule has 1 aliphatic rings. The third kappa shape index (κ3) is 4.20. The third-order valence-electron chi connectivity index (χ3n) is 3.35. The molecule has 7 nitrogen and oxygen atoms in total. The Morgan fingerprint density at radius 3 is 2.84 bits per heavy atom. The van der Waals surface area contributed by atoms with Gasteiger partial charge in [0.05, 0.1) is 0 Å². The summed E-state index contributed by atoms with van der Waals surface area (Å²) in [5.74, 6) is 0.422. The van der Waals surface area contributed by atoms with E-state index < -0.39 is 0 Å². The van der Waals surface area contributed by atoms with Gasteiger partial charge in [-0.05, 0) is 31.8 Å². The molecule has 1 atom stereocenters. The molecular weight excluding hydrogens is 244 g/mol. The lowest BCUT2D eigenvalue weighted by Gasteiger charge is -2.29. The minimum absolute atomic E-state index is 0.0894. The van der Waals surface area contributed by atoms with Crippen LogP contribution >= 0.6 is 0 Å². The van der Waals surface area contributed by atoms with E-state index >= 15 is 0 Å². The quantitative estimate of drug-likeness (QED) is 0.709. The second-order valence-electron chi connectivity index (χ2n) is 5.22. The van der Waals surface area contributed by atoms with Gasteiger partial charge in [-0.1, -0.05) is 13.3 Å². The van der Waals surface area contributed by atoms with Gasteiger partial charge in [0.25, 0.3) is 5.91 Å². The van der Waals surface area contributed by atoms with E-state index in [1.54, 1.807) is 0 Å². The average molecular weight is 266 g/mol. The van der Waals surface area contributed by atoms with Crippen molar-refractivity contribution in [2.45, 2.75) is 26.2 Å². The first kappa shape index (κ1) is 13.8. The van der Waals surface area contributed by atoms with E-state index in [1.807, 2.05) is 0 Å². The van der Waals surface area contributed by atoms with Crippen molar-refractivity contribution in [3.63, 3.8) is 0 Å². The normalized spacial score (nSPS) is 18.2. The number of hydrogen-bond donors (Lipinski definition) is 3. The Kier molecular flexibility index (Phi) is 4.73. The molecule has 0 saturated carbocycles. The molecule has 1 aromatic heterocycles. The number of likely N-dealkylation sites (tertiary alicyclic amines) is 1. The van der Waals surface area contributed by atoms with E-state index in [0.717, 1.165) is 6.54 Å². The first-order chi connectivity index (χ1) is 9.15. The number of hydrogen-bond acceptors (Lipinski definition) is 5. The highest BCUT2D eigenvalue weighted by Crippen LogP contribution is 2.10. The lowest BCUT2D eigenvalue weighted by molar-refractivity contribution is 0.0932. The molecule has 0 aliphatic carbocycles. The number of amides is 1. The van der Waals surface area contributed by atoms with Crippen LogP contribution in [0.1, 0.15) is 36.8 Å². The molecule has 1 aromatic rings. The molecule has 19 heavy (non-hydrogen) atoms. The number of piperidine rings is 1. The zero-order valence-corrected chi connectivity index (χ0v) is 11.4. The fourth-order valence-corrected chi connectivity index (χ4v) is 2.37. The van der Waals surface area contributed by atoms with E-state index in [2.05, 4.69) is 32.3 Å². The van der Waals surface area contributed by atoms with Crippen molar-refractivity contribution < 1.29 is 4.79 Å². The number of nitrogens with zero attached hydrogens (tertiary/aromatic N) is 3. The molecule has 2 rings (SSSR count). The predicted molar refractivity (Wildman–Crippen MR) is 72.6 cm³/mol. The number of nitrogens with one attached hydrogen (secondary N) is 2. The van der Waals surface area contributed by atoms with E-state index in [0.29, 0.717) is 12.5 Å². The standard InChI is InChI=1S/C12H22N6O/c1-9(8-18-5-3-2-4-6-18)7-14-11(19)10-15-12(13)17-16-10/h9H,2-8H2,1H3,(H,14,19)(H3,13,15,16,17). The Hall–Kier alpha value is -1.63. The van der Waals surface area contributed by atoms with Gasteiger partial charge >= 0.3 is 0 Å². The first-order valence-electron chi connectivity index (χ1n) is 6.83. The first-order valence-corrected chi connectivity index (χ1v) is 6.83. The topological polar surface area (TPSA) is 99.9 Å². The second-order valence-corrected chi connectivity index (χ2v) is 5.22. The number of anilines is 1. The molecule has 1 unspecified atom stereocenters. The van der Waals surface area contributed by atoms with Crippen LogP contribution in [0.3, 0.4) is 0 Å². The number of aromatic nitrogens is 3. The Balaban J connectivity index is 1.70. The van der Waals surface area contributed by atoms with Crippen LogP contribution in [0.15, 0.2) is 0 Å². The summed E-state index contributed by atoms with van der Waals surface area (Å²) in [7, 11) is 0. The van der Waals surface area contributed by atoms with Gasteiger partial charge in [-0.25, -0.2) is 0 Å². The van der Waals surface area contributed by atoms with Gasteiger partial charge in [-0.2, -0.15) is 4.98 Å². The molecule has 1 aliphatic heterocycles. The van der Waals surface area contributed by atoms with Crippen LogP contribution in [0.2, 0.25) is 0 Å². The van der Waals surface area contributed by atoms with Crippen molar-refractivity contribution in [1.82, 2.24) is 25.4 Å². The van der Waals surface area contributed by atoms with E-state index in [4.69, 9.17) is 5.73 Å². The van der Waals surface area contributed by atoms with Gasteiger partial charge in [0.1, 0.15) is 0 Å². The Morgan fingerprint density at radius 1 is 1.47 bits per heavy atom. The molecular formula is C12H22N6O. The number of rotatable bonds is 5. The Morgan fingerprint density at radius 2 is 2.21 bits per heavy atom. The zero-order chi connectivity index (χ0) is 13.7. The van der Waals surface area contributed by atoms with Crippen LogP contribution < -0.4 is 11.1 Å². The fraction of sp³-hybridized carbons (Fsp3) is 0.750. The molecule has 1 amide bonds. The highest BCUT2D eigenvalue weighted by Gasteiger charge is 2.15. The summed E-state index contributed by atoms with van der Waals surface area (Å²) in [5.41, 5.74) is 5.36. The number of nitrogen functional groups attached to an aromatic ring is 1. The van der Waals surface area contributed by atoms with E-state index in [-0.39, 0.29) is 17.7 Å². The van der Waals surface area contributed by atoms with Crippen LogP contribution in [0.4, 0.5) is 5.95 Å². The zero-order valence-electron chi connectivity index (χ0n) is 11.4. The highest BCUT2D eigenvalue weighted by atomic mass is 16.2. The van der Waals surface area contributed by atoms with Crippen molar-refractivity contribution >= 4 is 11.9 Å². The Labute approximate surface area is 113 Å². The molecule has 0 spiro atoms. The van der Waals surface area contributed by atoms with Crippen molar-refractivity contribution in [1.29, 1.82) is 0 Å². The minimum atomic E-state index is -0.255. The maximum Gasteiger partial charge on any atom is 0.288 e. The van der Waals surface area contributed by atoms with E-state index in [1.165, 1.54) is 32.4 Å². The van der Waals surface area contributed by atoms with Crippen molar-refractivity contribution in [3.8, 4) is 0 Å². The lowest BCUT2D eigenvalue weighted by Crippen LogP contribution is -2.38. The molecule has 7 heteroatoms. The summed E-state index contributed by atoms with van der Waals surface area (Å²) in [6.07, 6.45) is 3.92.